The van der Waals surface area contributed by atoms with Crippen molar-refractivity contribution in [1.82, 2.24) is 9.97 Å². The number of aromatic nitrogens is 2. The van der Waals surface area contributed by atoms with Crippen LogP contribution in [0.3, 0.4) is 0 Å². The van der Waals surface area contributed by atoms with E-state index in [9.17, 15) is 13.2 Å². The van der Waals surface area contributed by atoms with Gasteiger partial charge in [0.2, 0.25) is 5.89 Å². The average molecular weight is 356 g/mol. The second kappa shape index (κ2) is 6.09. The molecule has 0 aliphatic rings. The summed E-state index contributed by atoms with van der Waals surface area (Å²) in [5.74, 6) is 0.806. The number of hydrogen-bond acceptors (Lipinski definition) is 5. The van der Waals surface area contributed by atoms with Crippen LogP contribution in [-0.4, -0.2) is 15.7 Å². The minimum absolute atomic E-state index is 0.198. The molecule has 0 aliphatic heterocycles. The molecular formula is C15H11F3N2OS2. The van der Waals surface area contributed by atoms with E-state index in [1.54, 1.807) is 18.2 Å². The molecule has 0 N–H and O–H groups in total. The Morgan fingerprint density at radius 3 is 2.74 bits per heavy atom. The zero-order valence-electron chi connectivity index (χ0n) is 11.9. The van der Waals surface area contributed by atoms with Gasteiger partial charge in [-0.05, 0) is 30.0 Å². The van der Waals surface area contributed by atoms with E-state index in [1.165, 1.54) is 11.8 Å². The summed E-state index contributed by atoms with van der Waals surface area (Å²) in [5.41, 5.74) is 0.640. The van der Waals surface area contributed by atoms with Crippen LogP contribution in [0.15, 0.2) is 44.7 Å². The highest BCUT2D eigenvalue weighted by atomic mass is 32.2. The molecule has 0 saturated carbocycles. The van der Waals surface area contributed by atoms with Crippen LogP contribution < -0.4 is 0 Å². The maximum absolute atomic E-state index is 12.9. The zero-order chi connectivity index (χ0) is 16.6. The first kappa shape index (κ1) is 16.2. The SMILES string of the molecule is CCSc1cc(C(F)(F)F)cnc1-c1nc2cc(S)ccc2o1. The normalized spacial score (nSPS) is 12.0. The van der Waals surface area contributed by atoms with Gasteiger partial charge in [0, 0.05) is 16.0 Å². The van der Waals surface area contributed by atoms with E-state index in [4.69, 9.17) is 4.42 Å². The monoisotopic (exact) mass is 356 g/mol. The molecular weight excluding hydrogens is 345 g/mol. The second-order valence-electron chi connectivity index (χ2n) is 4.67. The van der Waals surface area contributed by atoms with Crippen molar-refractivity contribution in [3.63, 3.8) is 0 Å². The molecule has 2 aromatic heterocycles. The largest absolute Gasteiger partial charge is 0.435 e. The van der Waals surface area contributed by atoms with E-state index in [1.807, 2.05) is 6.92 Å². The molecule has 3 rings (SSSR count). The molecule has 1 aromatic carbocycles. The van der Waals surface area contributed by atoms with Crippen LogP contribution in [-0.2, 0) is 6.18 Å². The molecule has 0 spiro atoms. The number of benzene rings is 1. The summed E-state index contributed by atoms with van der Waals surface area (Å²) in [6.45, 7) is 1.86. The van der Waals surface area contributed by atoms with Crippen LogP contribution in [0.5, 0.6) is 0 Å². The molecule has 23 heavy (non-hydrogen) atoms. The van der Waals surface area contributed by atoms with Gasteiger partial charge in [-0.25, -0.2) is 9.97 Å². The van der Waals surface area contributed by atoms with Crippen molar-refractivity contribution < 1.29 is 17.6 Å². The number of rotatable bonds is 3. The minimum atomic E-state index is -4.43. The van der Waals surface area contributed by atoms with E-state index in [0.29, 0.717) is 27.4 Å². The van der Waals surface area contributed by atoms with Gasteiger partial charge in [-0.15, -0.1) is 24.4 Å². The summed E-state index contributed by atoms with van der Waals surface area (Å²) in [4.78, 5) is 9.35. The Balaban J connectivity index is 2.12. The molecule has 120 valence electrons. The summed E-state index contributed by atoms with van der Waals surface area (Å²) in [7, 11) is 0. The lowest BCUT2D eigenvalue weighted by Crippen LogP contribution is -2.06. The molecule has 3 aromatic rings. The third-order valence-electron chi connectivity index (χ3n) is 3.05. The molecule has 3 nitrogen and oxygen atoms in total. The van der Waals surface area contributed by atoms with Crippen LogP contribution in [0, 0.1) is 0 Å². The number of oxazole rings is 1. The number of halogens is 3. The number of fused-ring (bicyclic) bond motifs is 1. The molecule has 0 fully saturated rings. The zero-order valence-corrected chi connectivity index (χ0v) is 13.6. The second-order valence-corrected chi connectivity index (χ2v) is 6.49. The van der Waals surface area contributed by atoms with Crippen LogP contribution in [0.1, 0.15) is 12.5 Å². The highest BCUT2D eigenvalue weighted by molar-refractivity contribution is 7.99. The van der Waals surface area contributed by atoms with Crippen molar-refractivity contribution in [1.29, 1.82) is 0 Å². The number of thioether (sulfide) groups is 1. The van der Waals surface area contributed by atoms with Crippen LogP contribution in [0.2, 0.25) is 0 Å². The molecule has 0 atom stereocenters. The lowest BCUT2D eigenvalue weighted by molar-refractivity contribution is -0.138. The Kier molecular flexibility index (Phi) is 4.29. The van der Waals surface area contributed by atoms with Gasteiger partial charge in [0.05, 0.1) is 5.56 Å². The van der Waals surface area contributed by atoms with Crippen molar-refractivity contribution in [3.8, 4) is 11.6 Å². The van der Waals surface area contributed by atoms with Gasteiger partial charge in [-0.3, -0.25) is 0 Å². The van der Waals surface area contributed by atoms with E-state index in [-0.39, 0.29) is 5.89 Å². The maximum Gasteiger partial charge on any atom is 0.417 e. The Morgan fingerprint density at radius 1 is 1.26 bits per heavy atom. The smallest absolute Gasteiger partial charge is 0.417 e. The molecule has 0 unspecified atom stereocenters. The van der Waals surface area contributed by atoms with Gasteiger partial charge >= 0.3 is 6.18 Å². The Bertz CT molecular complexity index is 862. The van der Waals surface area contributed by atoms with Crippen molar-refractivity contribution in [2.75, 3.05) is 5.75 Å². The fraction of sp³-hybridized carbons (Fsp3) is 0.200. The number of thiol groups is 1. The molecule has 0 bridgehead atoms. The van der Waals surface area contributed by atoms with Gasteiger partial charge in [-0.2, -0.15) is 13.2 Å². The molecule has 8 heteroatoms. The van der Waals surface area contributed by atoms with E-state index in [0.717, 1.165) is 17.2 Å². The number of alkyl halides is 3. The lowest BCUT2D eigenvalue weighted by Gasteiger charge is -2.10. The van der Waals surface area contributed by atoms with Gasteiger partial charge in [0.25, 0.3) is 0 Å². The highest BCUT2D eigenvalue weighted by Gasteiger charge is 2.32. The molecule has 0 amide bonds. The van der Waals surface area contributed by atoms with E-state index < -0.39 is 11.7 Å². The molecule has 0 aliphatic carbocycles. The topological polar surface area (TPSA) is 38.9 Å². The number of nitrogens with zero attached hydrogens (tertiary/aromatic N) is 2. The quantitative estimate of drug-likeness (QED) is 0.510. The van der Waals surface area contributed by atoms with Gasteiger partial charge in [0.1, 0.15) is 11.2 Å². The standard InChI is InChI=1S/C15H11F3N2OS2/c1-2-23-12-5-8(15(16,17)18)7-19-13(12)14-20-10-6-9(22)3-4-11(10)21-14/h3-7,22H,2H2,1H3. The van der Waals surface area contributed by atoms with Gasteiger partial charge < -0.3 is 4.42 Å². The molecule has 0 radical (unpaired) electrons. The predicted molar refractivity (Wildman–Crippen MR) is 85.9 cm³/mol. The van der Waals surface area contributed by atoms with E-state index >= 15 is 0 Å². The Labute approximate surface area is 139 Å². The Hall–Kier alpha value is -1.67. The molecule has 2 heterocycles. The van der Waals surface area contributed by atoms with Crippen molar-refractivity contribution >= 4 is 35.5 Å². The lowest BCUT2D eigenvalue weighted by atomic mass is 10.2. The van der Waals surface area contributed by atoms with Gasteiger partial charge in [-0.1, -0.05) is 6.92 Å². The first-order chi connectivity index (χ1) is 10.9. The summed E-state index contributed by atoms with van der Waals surface area (Å²) in [6.07, 6.45) is -3.63. The fourth-order valence-corrected chi connectivity index (χ4v) is 3.04. The fourth-order valence-electron chi connectivity index (χ4n) is 2.04. The van der Waals surface area contributed by atoms with Crippen LogP contribution in [0.25, 0.3) is 22.7 Å². The van der Waals surface area contributed by atoms with Crippen LogP contribution >= 0.6 is 24.4 Å². The van der Waals surface area contributed by atoms with E-state index in [2.05, 4.69) is 22.6 Å². The molecule has 0 saturated heterocycles. The van der Waals surface area contributed by atoms with Crippen LogP contribution in [0.4, 0.5) is 13.2 Å². The third-order valence-corrected chi connectivity index (χ3v) is 4.24. The first-order valence-electron chi connectivity index (χ1n) is 6.68. The van der Waals surface area contributed by atoms with Crippen molar-refractivity contribution in [2.45, 2.75) is 22.9 Å². The number of hydrogen-bond donors (Lipinski definition) is 1. The number of pyridine rings is 1. The Morgan fingerprint density at radius 2 is 2.04 bits per heavy atom. The summed E-state index contributed by atoms with van der Waals surface area (Å²) < 4.78 is 44.2. The predicted octanol–water partition coefficient (Wildman–Crippen LogP) is 5.31. The summed E-state index contributed by atoms with van der Waals surface area (Å²) >= 11 is 5.49. The third kappa shape index (κ3) is 3.32. The maximum atomic E-state index is 12.9. The summed E-state index contributed by atoms with van der Waals surface area (Å²) in [5, 5.41) is 0. The average Bonchev–Trinajstić information content (AvgIpc) is 2.89. The first-order valence-corrected chi connectivity index (χ1v) is 8.11. The minimum Gasteiger partial charge on any atom is -0.435 e. The van der Waals surface area contributed by atoms with Crippen molar-refractivity contribution in [3.05, 3.63) is 36.0 Å². The van der Waals surface area contributed by atoms with Gasteiger partial charge in [0.15, 0.2) is 5.58 Å². The van der Waals surface area contributed by atoms with Crippen molar-refractivity contribution in [2.24, 2.45) is 0 Å². The highest BCUT2D eigenvalue weighted by Crippen LogP contribution is 2.36. The summed E-state index contributed by atoms with van der Waals surface area (Å²) in [6, 6.07) is 6.27.